The molecule has 1 fully saturated rings. The third-order valence-electron chi connectivity index (χ3n) is 4.90. The number of aryl methyl sites for hydroxylation is 1. The van der Waals surface area contributed by atoms with Crippen molar-refractivity contribution in [3.8, 4) is 0 Å². The molecule has 2 aromatic rings. The van der Waals surface area contributed by atoms with Gasteiger partial charge in [0.15, 0.2) is 0 Å². The lowest BCUT2D eigenvalue weighted by Gasteiger charge is -2.34. The van der Waals surface area contributed by atoms with Crippen LogP contribution in [0.15, 0.2) is 36.5 Å². The molecule has 7 heteroatoms. The molecule has 2 heterocycles. The summed E-state index contributed by atoms with van der Waals surface area (Å²) in [5, 5.41) is 13.2. The predicted octanol–water partition coefficient (Wildman–Crippen LogP) is 1.80. The summed E-state index contributed by atoms with van der Waals surface area (Å²) in [7, 11) is 0. The largest absolute Gasteiger partial charge is 0.480 e. The van der Waals surface area contributed by atoms with Gasteiger partial charge in [-0.3, -0.25) is 14.4 Å². The molecular weight excluding hydrogens is 332 g/mol. The number of carbonyl (C=O) groups excluding carboxylic acids is 1. The van der Waals surface area contributed by atoms with Gasteiger partial charge in [-0.25, -0.2) is 4.79 Å². The van der Waals surface area contributed by atoms with Gasteiger partial charge in [0.05, 0.1) is 0 Å². The number of piperazine rings is 1. The van der Waals surface area contributed by atoms with Gasteiger partial charge in [0.25, 0.3) is 5.91 Å². The van der Waals surface area contributed by atoms with E-state index in [4.69, 9.17) is 5.11 Å². The predicted molar refractivity (Wildman–Crippen MR) is 96.9 cm³/mol. The van der Waals surface area contributed by atoms with E-state index in [2.05, 4.69) is 35.1 Å². The molecule has 1 amide bonds. The number of aliphatic carboxylic acids is 1. The summed E-state index contributed by atoms with van der Waals surface area (Å²) in [6.45, 7) is 7.45. The third-order valence-corrected chi connectivity index (χ3v) is 4.90. The SMILES string of the molecule is Cc1ccccc1CN1CCN(C(=O)c2ccn(C(C)C(=O)O)n2)CC1. The average Bonchev–Trinajstić information content (AvgIpc) is 3.13. The summed E-state index contributed by atoms with van der Waals surface area (Å²) in [6, 6.07) is 9.15. The van der Waals surface area contributed by atoms with Crippen LogP contribution in [0.2, 0.25) is 0 Å². The lowest BCUT2D eigenvalue weighted by atomic mass is 10.1. The molecule has 1 saturated heterocycles. The van der Waals surface area contributed by atoms with E-state index in [1.165, 1.54) is 22.7 Å². The van der Waals surface area contributed by atoms with Crippen LogP contribution in [0.5, 0.6) is 0 Å². The molecule has 26 heavy (non-hydrogen) atoms. The molecule has 0 aliphatic carbocycles. The first-order chi connectivity index (χ1) is 12.5. The Labute approximate surface area is 152 Å². The van der Waals surface area contributed by atoms with Crippen LogP contribution < -0.4 is 0 Å². The zero-order chi connectivity index (χ0) is 18.7. The Kier molecular flexibility index (Phi) is 5.37. The van der Waals surface area contributed by atoms with Crippen LogP contribution in [-0.4, -0.2) is 62.7 Å². The lowest BCUT2D eigenvalue weighted by Crippen LogP contribution is -2.48. The Morgan fingerprint density at radius 2 is 1.85 bits per heavy atom. The van der Waals surface area contributed by atoms with E-state index in [-0.39, 0.29) is 5.91 Å². The van der Waals surface area contributed by atoms with Crippen LogP contribution in [0.4, 0.5) is 0 Å². The Hall–Kier alpha value is -2.67. The molecule has 1 unspecified atom stereocenters. The van der Waals surface area contributed by atoms with Crippen LogP contribution in [0.1, 0.15) is 34.6 Å². The van der Waals surface area contributed by atoms with Gasteiger partial charge in [-0.05, 0) is 31.0 Å². The number of carboxylic acid groups (broad SMARTS) is 1. The quantitative estimate of drug-likeness (QED) is 0.884. The summed E-state index contributed by atoms with van der Waals surface area (Å²) in [6.07, 6.45) is 1.54. The summed E-state index contributed by atoms with van der Waals surface area (Å²) in [5.41, 5.74) is 2.89. The standard InChI is InChI=1S/C19H24N4O3/c1-14-5-3-4-6-16(14)13-21-9-11-22(12-10-21)18(24)17-7-8-23(20-17)15(2)19(25)26/h3-8,15H,9-13H2,1-2H3,(H,25,26). The van der Waals surface area contributed by atoms with Crippen molar-refractivity contribution in [3.05, 3.63) is 53.3 Å². The summed E-state index contributed by atoms with van der Waals surface area (Å²) >= 11 is 0. The Bertz CT molecular complexity index is 794. The number of carbonyl (C=O) groups is 2. The van der Waals surface area contributed by atoms with Crippen molar-refractivity contribution in [1.29, 1.82) is 0 Å². The molecule has 1 N–H and O–H groups in total. The molecular formula is C19H24N4O3. The highest BCUT2D eigenvalue weighted by molar-refractivity contribution is 5.92. The van der Waals surface area contributed by atoms with Gasteiger partial charge >= 0.3 is 5.97 Å². The van der Waals surface area contributed by atoms with Gasteiger partial charge < -0.3 is 10.0 Å². The summed E-state index contributed by atoms with van der Waals surface area (Å²) < 4.78 is 1.31. The smallest absolute Gasteiger partial charge is 0.328 e. The van der Waals surface area contributed by atoms with Crippen molar-refractivity contribution in [3.63, 3.8) is 0 Å². The normalized spacial score (nSPS) is 16.5. The highest BCUT2D eigenvalue weighted by Crippen LogP contribution is 2.14. The Morgan fingerprint density at radius 3 is 2.50 bits per heavy atom. The van der Waals surface area contributed by atoms with E-state index in [1.54, 1.807) is 17.2 Å². The van der Waals surface area contributed by atoms with Gasteiger partial charge in [-0.15, -0.1) is 0 Å². The van der Waals surface area contributed by atoms with Gasteiger partial charge in [-0.2, -0.15) is 5.10 Å². The minimum absolute atomic E-state index is 0.142. The van der Waals surface area contributed by atoms with Crippen molar-refractivity contribution in [2.24, 2.45) is 0 Å². The summed E-state index contributed by atoms with van der Waals surface area (Å²) in [5.74, 6) is -1.12. The van der Waals surface area contributed by atoms with E-state index >= 15 is 0 Å². The number of amides is 1. The first-order valence-electron chi connectivity index (χ1n) is 8.80. The molecule has 0 saturated carbocycles. The molecule has 0 spiro atoms. The Balaban J connectivity index is 1.57. The van der Waals surface area contributed by atoms with E-state index in [0.29, 0.717) is 18.8 Å². The van der Waals surface area contributed by atoms with Crippen molar-refractivity contribution in [1.82, 2.24) is 19.6 Å². The fourth-order valence-electron chi connectivity index (χ4n) is 3.08. The number of hydrogen-bond donors (Lipinski definition) is 1. The molecule has 1 aliphatic heterocycles. The number of carboxylic acids is 1. The minimum Gasteiger partial charge on any atom is -0.480 e. The first-order valence-corrected chi connectivity index (χ1v) is 8.80. The minimum atomic E-state index is -0.975. The van der Waals surface area contributed by atoms with Crippen LogP contribution in [0.25, 0.3) is 0 Å². The number of aromatic nitrogens is 2. The van der Waals surface area contributed by atoms with E-state index < -0.39 is 12.0 Å². The maximum Gasteiger partial charge on any atom is 0.328 e. The molecule has 3 rings (SSSR count). The van der Waals surface area contributed by atoms with Gasteiger partial charge in [0.2, 0.25) is 0 Å². The third kappa shape index (κ3) is 3.94. The molecule has 1 atom stereocenters. The number of rotatable bonds is 5. The molecule has 1 aromatic carbocycles. The second-order valence-electron chi connectivity index (χ2n) is 6.69. The molecule has 1 aromatic heterocycles. The second kappa shape index (κ2) is 7.70. The molecule has 0 bridgehead atoms. The zero-order valence-electron chi connectivity index (χ0n) is 15.1. The molecule has 138 valence electrons. The van der Waals surface area contributed by atoms with Gasteiger partial charge in [0.1, 0.15) is 11.7 Å². The highest BCUT2D eigenvalue weighted by atomic mass is 16.4. The highest BCUT2D eigenvalue weighted by Gasteiger charge is 2.25. The Morgan fingerprint density at radius 1 is 1.15 bits per heavy atom. The lowest BCUT2D eigenvalue weighted by molar-refractivity contribution is -0.140. The van der Waals surface area contributed by atoms with Crippen molar-refractivity contribution < 1.29 is 14.7 Å². The maximum absolute atomic E-state index is 12.6. The van der Waals surface area contributed by atoms with Crippen molar-refractivity contribution in [2.75, 3.05) is 26.2 Å². The second-order valence-corrected chi connectivity index (χ2v) is 6.69. The van der Waals surface area contributed by atoms with E-state index in [9.17, 15) is 9.59 Å². The maximum atomic E-state index is 12.6. The van der Waals surface area contributed by atoms with Crippen molar-refractivity contribution in [2.45, 2.75) is 26.4 Å². The zero-order valence-corrected chi connectivity index (χ0v) is 15.1. The first kappa shape index (κ1) is 18.1. The van der Waals surface area contributed by atoms with Crippen LogP contribution in [0, 0.1) is 6.92 Å². The van der Waals surface area contributed by atoms with E-state index in [1.807, 2.05) is 6.07 Å². The van der Waals surface area contributed by atoms with Gasteiger partial charge in [0, 0.05) is 38.9 Å². The number of benzene rings is 1. The van der Waals surface area contributed by atoms with Crippen LogP contribution >= 0.6 is 0 Å². The van der Waals surface area contributed by atoms with Crippen molar-refractivity contribution >= 4 is 11.9 Å². The van der Waals surface area contributed by atoms with Crippen LogP contribution in [0.3, 0.4) is 0 Å². The van der Waals surface area contributed by atoms with E-state index in [0.717, 1.165) is 19.6 Å². The monoisotopic (exact) mass is 356 g/mol. The van der Waals surface area contributed by atoms with Gasteiger partial charge in [-0.1, -0.05) is 24.3 Å². The number of hydrogen-bond acceptors (Lipinski definition) is 4. The topological polar surface area (TPSA) is 78.7 Å². The molecule has 7 nitrogen and oxygen atoms in total. The summed E-state index contributed by atoms with van der Waals surface area (Å²) in [4.78, 5) is 27.8. The molecule has 0 radical (unpaired) electrons. The average molecular weight is 356 g/mol. The number of nitrogens with zero attached hydrogens (tertiary/aromatic N) is 4. The molecule has 1 aliphatic rings. The van der Waals surface area contributed by atoms with Crippen LogP contribution in [-0.2, 0) is 11.3 Å². The fourth-order valence-corrected chi connectivity index (χ4v) is 3.08. The fraction of sp³-hybridized carbons (Fsp3) is 0.421.